The molecule has 0 spiro atoms. The molecule has 0 N–H and O–H groups in total. The molecule has 0 unspecified atom stereocenters. The van der Waals surface area contributed by atoms with Gasteiger partial charge in [0.15, 0.2) is 0 Å². The van der Waals surface area contributed by atoms with Crippen LogP contribution in [0.15, 0.2) is 10.7 Å². The van der Waals surface area contributed by atoms with Crippen LogP contribution in [0.4, 0.5) is 0 Å². The Morgan fingerprint density at radius 1 is 0.714 bits per heavy atom. The van der Waals surface area contributed by atoms with Crippen molar-refractivity contribution >= 4 is 28.8 Å². The quantitative estimate of drug-likeness (QED) is 0.652. The Morgan fingerprint density at radius 2 is 0.857 bits per heavy atom. The molecule has 2 fully saturated rings. The summed E-state index contributed by atoms with van der Waals surface area (Å²) in [7, 11) is 5.20. The largest absolute Gasteiger partial charge is 0.0312 e. The van der Waals surface area contributed by atoms with Gasteiger partial charge in [-0.15, -0.1) is 0 Å². The summed E-state index contributed by atoms with van der Waals surface area (Å²) in [5.41, 5.74) is 0. The summed E-state index contributed by atoms with van der Waals surface area (Å²) in [5.74, 6) is 0. The third-order valence-electron chi connectivity index (χ3n) is 1.17. The van der Waals surface area contributed by atoms with E-state index in [4.69, 9.17) is 8.96 Å². The molecule has 0 bridgehead atoms. The van der Waals surface area contributed by atoms with E-state index in [0.29, 0.717) is 0 Å². The van der Waals surface area contributed by atoms with Crippen LogP contribution in [-0.4, -0.2) is 19.8 Å². The van der Waals surface area contributed by atoms with Crippen LogP contribution >= 0.6 is 8.96 Å². The van der Waals surface area contributed by atoms with Gasteiger partial charge in [0.05, 0.1) is 0 Å². The third-order valence-corrected chi connectivity index (χ3v) is 2.38. The maximum absolute atomic E-state index is 5.20. The maximum atomic E-state index is 5.20. The topological polar surface area (TPSA) is 0 Å². The standard InChI is InChI=1S/2C5H5.C2H3ClTe/c2*1-2-4-5-3-1;1-2-4-3/h2*1-5H;2H,1H2. The Bertz CT molecular complexity index is 81.7. The molecule has 0 aromatic carbocycles. The monoisotopic (exact) mass is 322 g/mol. The fourth-order valence-electron chi connectivity index (χ4n) is 0.642. The first kappa shape index (κ1) is 14.8. The van der Waals surface area contributed by atoms with E-state index in [1.807, 2.05) is 64.2 Å². The molecule has 0 heterocycles. The number of hydrogen-bond donors (Lipinski definition) is 0. The van der Waals surface area contributed by atoms with Crippen LogP contribution in [0.2, 0.25) is 0 Å². The van der Waals surface area contributed by atoms with Gasteiger partial charge in [-0.3, -0.25) is 0 Å². The Labute approximate surface area is 103 Å². The minimum atomic E-state index is -0.282. The molecule has 2 aliphatic carbocycles. The number of halogens is 1. The molecule has 10 radical (unpaired) electrons. The summed E-state index contributed by atoms with van der Waals surface area (Å²) in [6, 6.07) is 0. The molecule has 2 rings (SSSR count). The molecule has 0 atom stereocenters. The fourth-order valence-corrected chi connectivity index (χ4v) is 0.642. The van der Waals surface area contributed by atoms with Crippen molar-refractivity contribution in [3.8, 4) is 0 Å². The molecule has 2 heteroatoms. The fraction of sp³-hybridized carbons (Fsp3) is 0. The van der Waals surface area contributed by atoms with Crippen LogP contribution in [0, 0.1) is 64.2 Å². The van der Waals surface area contributed by atoms with E-state index in [1.54, 1.807) is 4.12 Å². The SMILES string of the molecule is C=C[Te]Cl.[CH]1[CH][CH][CH][CH]1.[CH]1[CH][CH][CH][CH]1. The minimum Gasteiger partial charge on any atom is -0.0312 e. The van der Waals surface area contributed by atoms with Gasteiger partial charge >= 0.3 is 39.5 Å². The van der Waals surface area contributed by atoms with E-state index in [9.17, 15) is 0 Å². The second kappa shape index (κ2) is 13.8. The predicted molar refractivity (Wildman–Crippen MR) is 64.8 cm³/mol. The first-order chi connectivity index (χ1) is 6.91. The molecular formula is C12H13ClTe. The Kier molecular flexibility index (Phi) is 14.6. The van der Waals surface area contributed by atoms with E-state index < -0.39 is 0 Å². The van der Waals surface area contributed by atoms with Crippen LogP contribution in [0.1, 0.15) is 0 Å². The van der Waals surface area contributed by atoms with Crippen molar-refractivity contribution in [3.63, 3.8) is 0 Å². The van der Waals surface area contributed by atoms with Crippen molar-refractivity contribution in [1.29, 1.82) is 0 Å². The average molecular weight is 320 g/mol. The number of rotatable bonds is 1. The minimum absolute atomic E-state index is 0.282. The van der Waals surface area contributed by atoms with Crippen molar-refractivity contribution in [2.45, 2.75) is 0 Å². The van der Waals surface area contributed by atoms with Gasteiger partial charge < -0.3 is 0 Å². The van der Waals surface area contributed by atoms with Gasteiger partial charge in [0.1, 0.15) is 0 Å². The molecular weight excluding hydrogens is 307 g/mol. The summed E-state index contributed by atoms with van der Waals surface area (Å²) in [5, 5.41) is 0. The summed E-state index contributed by atoms with van der Waals surface area (Å²) < 4.78 is 1.77. The first-order valence-electron chi connectivity index (χ1n) is 4.13. The van der Waals surface area contributed by atoms with Gasteiger partial charge in [0.25, 0.3) is 0 Å². The van der Waals surface area contributed by atoms with E-state index >= 15 is 0 Å². The molecule has 0 aromatic rings. The summed E-state index contributed by atoms with van der Waals surface area (Å²) in [4.78, 5) is 0. The smallest absolute Gasteiger partial charge is 0.0312 e. The van der Waals surface area contributed by atoms with Gasteiger partial charge in [-0.1, -0.05) is 0 Å². The maximum Gasteiger partial charge on any atom is -0.0312 e. The molecule has 74 valence electrons. The first-order valence-corrected chi connectivity index (χ1v) is 8.43. The molecule has 14 heavy (non-hydrogen) atoms. The van der Waals surface area contributed by atoms with Crippen LogP contribution in [-0.2, 0) is 0 Å². The van der Waals surface area contributed by atoms with Crippen molar-refractivity contribution in [3.05, 3.63) is 74.9 Å². The second-order valence-corrected chi connectivity index (χ2v) is 4.84. The van der Waals surface area contributed by atoms with Crippen LogP contribution in [0.3, 0.4) is 0 Å². The molecule has 2 saturated carbocycles. The van der Waals surface area contributed by atoms with Crippen molar-refractivity contribution in [2.75, 3.05) is 0 Å². The van der Waals surface area contributed by atoms with E-state index in [2.05, 4.69) is 6.58 Å². The van der Waals surface area contributed by atoms with E-state index in [0.717, 1.165) is 0 Å². The normalized spacial score (nSPS) is 18.9. The van der Waals surface area contributed by atoms with Crippen LogP contribution in [0.25, 0.3) is 0 Å². The molecule has 0 amide bonds. The van der Waals surface area contributed by atoms with Gasteiger partial charge in [-0.05, 0) is 64.2 Å². The Balaban J connectivity index is 0.000000183. The molecule has 2 aliphatic rings. The molecule has 0 aliphatic heterocycles. The van der Waals surface area contributed by atoms with E-state index in [-0.39, 0.29) is 19.8 Å². The van der Waals surface area contributed by atoms with Gasteiger partial charge in [0.2, 0.25) is 0 Å². The summed E-state index contributed by atoms with van der Waals surface area (Å²) in [6.07, 6.45) is 20.0. The Hall–Kier alpha value is 0.820. The predicted octanol–water partition coefficient (Wildman–Crippen LogP) is 3.03. The average Bonchev–Trinajstić information content (AvgIpc) is 2.94. The molecule has 0 aromatic heterocycles. The van der Waals surface area contributed by atoms with Crippen molar-refractivity contribution < 1.29 is 0 Å². The van der Waals surface area contributed by atoms with Crippen LogP contribution in [0.5, 0.6) is 0 Å². The zero-order valence-corrected chi connectivity index (χ0v) is 10.9. The molecule has 0 nitrogen and oxygen atoms in total. The van der Waals surface area contributed by atoms with Crippen molar-refractivity contribution in [2.24, 2.45) is 0 Å². The molecule has 0 saturated heterocycles. The van der Waals surface area contributed by atoms with Gasteiger partial charge in [0, 0.05) is 0 Å². The second-order valence-electron chi connectivity index (χ2n) is 2.18. The Morgan fingerprint density at radius 3 is 0.929 bits per heavy atom. The van der Waals surface area contributed by atoms with Gasteiger partial charge in [-0.25, -0.2) is 0 Å². The number of hydrogen-bond acceptors (Lipinski definition) is 0. The zero-order valence-electron chi connectivity index (χ0n) is 7.84. The van der Waals surface area contributed by atoms with E-state index in [1.165, 1.54) is 0 Å². The van der Waals surface area contributed by atoms with Crippen molar-refractivity contribution in [1.82, 2.24) is 0 Å². The van der Waals surface area contributed by atoms with Crippen LogP contribution < -0.4 is 0 Å². The summed E-state index contributed by atoms with van der Waals surface area (Å²) >= 11 is -0.282. The zero-order chi connectivity index (χ0) is 10.5. The summed E-state index contributed by atoms with van der Waals surface area (Å²) in [6.45, 7) is 3.40. The third kappa shape index (κ3) is 12.8. The van der Waals surface area contributed by atoms with Gasteiger partial charge in [-0.2, -0.15) is 0 Å².